The van der Waals surface area contributed by atoms with E-state index < -0.39 is 12.1 Å². The molecule has 0 bridgehead atoms. The number of piperidine rings is 1. The molecule has 0 saturated carbocycles. The predicted molar refractivity (Wildman–Crippen MR) is 127 cm³/mol. The maximum atomic E-state index is 14.8. The molecule has 0 aliphatic carbocycles. The van der Waals surface area contributed by atoms with Gasteiger partial charge in [0.25, 0.3) is 0 Å². The van der Waals surface area contributed by atoms with Gasteiger partial charge in [0.05, 0.1) is 24.3 Å². The lowest BCUT2D eigenvalue weighted by Gasteiger charge is -2.37. The number of hydrogen-bond acceptors (Lipinski definition) is 3. The number of aliphatic carboxylic acids is 1. The molecule has 2 aliphatic rings. The largest absolute Gasteiger partial charge is 0.490 e. The van der Waals surface area contributed by atoms with Crippen LogP contribution in [0, 0.1) is 11.7 Å². The zero-order valence-electron chi connectivity index (χ0n) is 19.4. The van der Waals surface area contributed by atoms with Crippen molar-refractivity contribution in [3.63, 3.8) is 0 Å². The highest BCUT2D eigenvalue weighted by Gasteiger charge is 2.39. The smallest absolute Gasteiger partial charge is 0.475 e. The Hall–Kier alpha value is -3.82. The van der Waals surface area contributed by atoms with E-state index in [1.54, 1.807) is 12.1 Å². The van der Waals surface area contributed by atoms with E-state index in [0.717, 1.165) is 42.8 Å². The number of hydrogen-bond donors (Lipinski definition) is 1. The summed E-state index contributed by atoms with van der Waals surface area (Å²) in [6.07, 6.45) is 2.86. The van der Waals surface area contributed by atoms with Crippen molar-refractivity contribution in [2.45, 2.75) is 25.1 Å². The number of aromatic nitrogens is 3. The van der Waals surface area contributed by atoms with E-state index in [1.165, 1.54) is 16.6 Å². The second kappa shape index (κ2) is 9.00. The van der Waals surface area contributed by atoms with Gasteiger partial charge in [0.2, 0.25) is 0 Å². The van der Waals surface area contributed by atoms with E-state index in [0.29, 0.717) is 5.92 Å². The topological polar surface area (TPSA) is 63.3 Å². The van der Waals surface area contributed by atoms with Crippen molar-refractivity contribution in [2.75, 3.05) is 18.0 Å². The summed E-state index contributed by atoms with van der Waals surface area (Å²) in [5.74, 6) is -2.44. The molecule has 0 spiro atoms. The van der Waals surface area contributed by atoms with Crippen LogP contribution in [0.4, 0.5) is 23.2 Å². The van der Waals surface area contributed by atoms with Gasteiger partial charge in [-0.25, -0.2) is 14.2 Å². The van der Waals surface area contributed by atoms with Gasteiger partial charge in [0, 0.05) is 54.1 Å². The molecule has 4 heterocycles. The first-order valence-electron chi connectivity index (χ1n) is 11.6. The van der Waals surface area contributed by atoms with Crippen molar-refractivity contribution in [3.05, 3.63) is 72.6 Å². The van der Waals surface area contributed by atoms with Crippen LogP contribution < -0.4 is 4.90 Å². The van der Waals surface area contributed by atoms with Gasteiger partial charge in [-0.15, -0.1) is 0 Å². The Kier molecular flexibility index (Phi) is 5.97. The van der Waals surface area contributed by atoms with Crippen LogP contribution in [0.15, 0.2) is 61.2 Å². The zero-order chi connectivity index (χ0) is 25.6. The number of rotatable bonds is 2. The molecule has 1 unspecified atom stereocenters. The molecule has 0 amide bonds. The SMILES string of the molecule is Cn1ccc2c(N3CCC(C4c5c(F)cccc5-c5cncn54)CC3)cccc21.O=C(O)C(F)(F)F. The molecule has 1 fully saturated rings. The van der Waals surface area contributed by atoms with Gasteiger partial charge in [-0.1, -0.05) is 18.2 Å². The average molecular weight is 500 g/mol. The number of imidazole rings is 1. The van der Waals surface area contributed by atoms with Crippen LogP contribution in [-0.2, 0) is 11.8 Å². The van der Waals surface area contributed by atoms with Gasteiger partial charge in [-0.3, -0.25) is 0 Å². The maximum Gasteiger partial charge on any atom is 0.490 e. The van der Waals surface area contributed by atoms with Gasteiger partial charge in [0.15, 0.2) is 0 Å². The Morgan fingerprint density at radius 1 is 1.08 bits per heavy atom. The minimum Gasteiger partial charge on any atom is -0.475 e. The van der Waals surface area contributed by atoms with Crippen molar-refractivity contribution in [2.24, 2.45) is 13.0 Å². The summed E-state index contributed by atoms with van der Waals surface area (Å²) in [4.78, 5) is 15.7. The molecular weight excluding hydrogens is 476 g/mol. The van der Waals surface area contributed by atoms with Gasteiger partial charge >= 0.3 is 12.1 Å². The number of alkyl halides is 3. The molecule has 1 atom stereocenters. The van der Waals surface area contributed by atoms with Crippen LogP contribution in [-0.4, -0.2) is 44.5 Å². The van der Waals surface area contributed by atoms with Crippen LogP contribution >= 0.6 is 0 Å². The molecule has 2 aromatic heterocycles. The molecule has 2 aliphatic heterocycles. The summed E-state index contributed by atoms with van der Waals surface area (Å²) in [5.41, 5.74) is 5.47. The van der Waals surface area contributed by atoms with Crippen LogP contribution in [0.1, 0.15) is 24.4 Å². The summed E-state index contributed by atoms with van der Waals surface area (Å²) < 4.78 is 50.9. The molecule has 10 heteroatoms. The quantitative estimate of drug-likeness (QED) is 0.362. The number of halogens is 4. The second-order valence-electron chi connectivity index (χ2n) is 9.10. The monoisotopic (exact) mass is 500 g/mol. The molecule has 4 aromatic rings. The third-order valence-electron chi connectivity index (χ3n) is 7.06. The lowest BCUT2D eigenvalue weighted by molar-refractivity contribution is -0.192. The van der Waals surface area contributed by atoms with E-state index in [9.17, 15) is 17.6 Å². The predicted octanol–water partition coefficient (Wildman–Crippen LogP) is 5.63. The highest BCUT2D eigenvalue weighted by Crippen LogP contribution is 2.47. The first-order chi connectivity index (χ1) is 17.2. The van der Waals surface area contributed by atoms with Gasteiger partial charge < -0.3 is 19.1 Å². The third kappa shape index (κ3) is 4.10. The van der Waals surface area contributed by atoms with E-state index in [1.807, 2.05) is 18.6 Å². The van der Waals surface area contributed by atoms with Crippen LogP contribution in [0.25, 0.3) is 22.2 Å². The number of anilines is 1. The maximum absolute atomic E-state index is 14.8. The van der Waals surface area contributed by atoms with Gasteiger partial charge in [0.1, 0.15) is 5.82 Å². The summed E-state index contributed by atoms with van der Waals surface area (Å²) in [6, 6.07) is 14.2. The molecule has 0 radical (unpaired) electrons. The Morgan fingerprint density at radius 3 is 2.47 bits per heavy atom. The normalized spacial score (nSPS) is 17.5. The Balaban J connectivity index is 0.000000338. The van der Waals surface area contributed by atoms with Crippen LogP contribution in [0.2, 0.25) is 0 Å². The number of carboxylic acids is 1. The molecular formula is C26H24F4N4O2. The van der Waals surface area contributed by atoms with E-state index in [4.69, 9.17) is 9.90 Å². The molecule has 188 valence electrons. The molecule has 2 aromatic carbocycles. The average Bonchev–Trinajstić information content (AvgIpc) is 3.54. The highest BCUT2D eigenvalue weighted by atomic mass is 19.4. The summed E-state index contributed by atoms with van der Waals surface area (Å²) in [5, 5.41) is 8.43. The fraction of sp³-hybridized carbons (Fsp3) is 0.308. The fourth-order valence-corrected chi connectivity index (χ4v) is 5.42. The minimum atomic E-state index is -5.08. The molecule has 36 heavy (non-hydrogen) atoms. The number of nitrogens with zero attached hydrogens (tertiary/aromatic N) is 4. The number of aryl methyl sites for hydroxylation is 1. The highest BCUT2D eigenvalue weighted by molar-refractivity contribution is 5.93. The number of fused-ring (bicyclic) bond motifs is 4. The van der Waals surface area contributed by atoms with E-state index in [2.05, 4.69) is 56.5 Å². The third-order valence-corrected chi connectivity index (χ3v) is 7.06. The number of carbonyl (C=O) groups is 1. The fourth-order valence-electron chi connectivity index (χ4n) is 5.42. The summed E-state index contributed by atoms with van der Waals surface area (Å²) in [7, 11) is 2.09. The molecule has 1 saturated heterocycles. The van der Waals surface area contributed by atoms with E-state index >= 15 is 0 Å². The minimum absolute atomic E-state index is 0.0540. The van der Waals surface area contributed by atoms with Crippen LogP contribution in [0.5, 0.6) is 0 Å². The van der Waals surface area contributed by atoms with Crippen molar-refractivity contribution < 1.29 is 27.5 Å². The van der Waals surface area contributed by atoms with Gasteiger partial charge in [-0.05, 0) is 43.0 Å². The first-order valence-corrected chi connectivity index (χ1v) is 11.6. The lowest BCUT2D eigenvalue weighted by Crippen LogP contribution is -2.36. The Bertz CT molecular complexity index is 1420. The van der Waals surface area contributed by atoms with Crippen molar-refractivity contribution in [3.8, 4) is 11.3 Å². The van der Waals surface area contributed by atoms with Crippen LogP contribution in [0.3, 0.4) is 0 Å². The number of benzene rings is 2. The van der Waals surface area contributed by atoms with Crippen molar-refractivity contribution in [1.29, 1.82) is 0 Å². The standard InChI is InChI=1S/C24H23FN4.C2HF3O2/c1-27-11-10-17-20(27)6-3-7-21(17)28-12-8-16(9-13-28)24-23-18(4-2-5-19(23)25)22-14-26-15-29(22)24;3-2(4,5)1(6)7/h2-7,10-11,14-16,24H,8-9,12-13H2,1H3;(H,6,7). The van der Waals surface area contributed by atoms with Gasteiger partial charge in [-0.2, -0.15) is 13.2 Å². The first kappa shape index (κ1) is 23.9. The van der Waals surface area contributed by atoms with Crippen molar-refractivity contribution >= 4 is 22.6 Å². The second-order valence-corrected chi connectivity index (χ2v) is 9.10. The van der Waals surface area contributed by atoms with E-state index in [-0.39, 0.29) is 11.9 Å². The summed E-state index contributed by atoms with van der Waals surface area (Å²) >= 11 is 0. The zero-order valence-corrected chi connectivity index (χ0v) is 19.4. The number of carboxylic acid groups (broad SMARTS) is 1. The Morgan fingerprint density at radius 2 is 1.78 bits per heavy atom. The molecule has 6 rings (SSSR count). The molecule has 6 nitrogen and oxygen atoms in total. The lowest BCUT2D eigenvalue weighted by atomic mass is 9.85. The molecule has 1 N–H and O–H groups in total. The Labute approximate surface area is 204 Å². The van der Waals surface area contributed by atoms with Crippen molar-refractivity contribution in [1.82, 2.24) is 14.1 Å². The summed E-state index contributed by atoms with van der Waals surface area (Å²) in [6.45, 7) is 1.98.